The predicted molar refractivity (Wildman–Crippen MR) is 91.5 cm³/mol. The van der Waals surface area contributed by atoms with E-state index in [0.29, 0.717) is 6.42 Å². The van der Waals surface area contributed by atoms with E-state index >= 15 is 0 Å². The minimum Gasteiger partial charge on any atom is -0.481 e. The number of hydrogen-bond donors (Lipinski definition) is 1. The standard InChI is InChI=1S/C19H32O2/c1-2-3-4-5-6-7-8-9-10-11-12-13-14-15-16-17-18-19(20)21/h5-6,8-9,11-12H,2-4,7,10,13-18H2,1H3,(H,20,21). The number of carboxylic acid groups (broad SMARTS) is 1. The zero-order chi connectivity index (χ0) is 15.6. The monoisotopic (exact) mass is 292 g/mol. The largest absolute Gasteiger partial charge is 0.481 e. The van der Waals surface area contributed by atoms with E-state index in [-0.39, 0.29) is 0 Å². The van der Waals surface area contributed by atoms with Crippen molar-refractivity contribution in [1.82, 2.24) is 0 Å². The van der Waals surface area contributed by atoms with Gasteiger partial charge in [-0.3, -0.25) is 4.79 Å². The van der Waals surface area contributed by atoms with E-state index in [1.165, 1.54) is 25.7 Å². The van der Waals surface area contributed by atoms with E-state index in [0.717, 1.165) is 38.5 Å². The fourth-order valence-electron chi connectivity index (χ4n) is 1.99. The lowest BCUT2D eigenvalue weighted by atomic mass is 10.1. The molecule has 0 aromatic carbocycles. The molecule has 0 aliphatic rings. The first-order chi connectivity index (χ1) is 10.3. The third-order valence-corrected chi connectivity index (χ3v) is 3.28. The van der Waals surface area contributed by atoms with Crippen LogP contribution in [0.15, 0.2) is 36.5 Å². The van der Waals surface area contributed by atoms with Crippen molar-refractivity contribution in [3.05, 3.63) is 36.5 Å². The lowest BCUT2D eigenvalue weighted by molar-refractivity contribution is -0.137. The van der Waals surface area contributed by atoms with E-state index in [1.54, 1.807) is 0 Å². The van der Waals surface area contributed by atoms with Gasteiger partial charge in [0, 0.05) is 6.42 Å². The molecule has 0 unspecified atom stereocenters. The quantitative estimate of drug-likeness (QED) is 0.312. The predicted octanol–water partition coefficient (Wildman–Crippen LogP) is 6.05. The van der Waals surface area contributed by atoms with E-state index < -0.39 is 5.97 Å². The van der Waals surface area contributed by atoms with Gasteiger partial charge in [0.1, 0.15) is 0 Å². The second-order valence-electron chi connectivity index (χ2n) is 5.37. The first kappa shape index (κ1) is 19.7. The minimum atomic E-state index is -0.679. The molecule has 0 aliphatic heterocycles. The van der Waals surface area contributed by atoms with Crippen molar-refractivity contribution < 1.29 is 9.90 Å². The van der Waals surface area contributed by atoms with Gasteiger partial charge >= 0.3 is 5.97 Å². The summed E-state index contributed by atoms with van der Waals surface area (Å²) in [7, 11) is 0. The molecule has 0 aliphatic carbocycles. The summed E-state index contributed by atoms with van der Waals surface area (Å²) in [5.41, 5.74) is 0. The summed E-state index contributed by atoms with van der Waals surface area (Å²) >= 11 is 0. The molecular formula is C19H32O2. The van der Waals surface area contributed by atoms with Gasteiger partial charge in [-0.2, -0.15) is 0 Å². The highest BCUT2D eigenvalue weighted by atomic mass is 16.4. The number of carbonyl (C=O) groups is 1. The van der Waals surface area contributed by atoms with E-state index in [2.05, 4.69) is 43.4 Å². The molecule has 0 amide bonds. The number of allylic oxidation sites excluding steroid dienone is 6. The van der Waals surface area contributed by atoms with Crippen molar-refractivity contribution in [3.8, 4) is 0 Å². The molecule has 0 spiro atoms. The Bertz CT molecular complexity index is 314. The van der Waals surface area contributed by atoms with Crippen LogP contribution in [0.4, 0.5) is 0 Å². The molecule has 0 aromatic heterocycles. The number of carboxylic acids is 1. The van der Waals surface area contributed by atoms with Gasteiger partial charge in [-0.25, -0.2) is 0 Å². The summed E-state index contributed by atoms with van der Waals surface area (Å²) in [5.74, 6) is -0.679. The molecule has 1 N–H and O–H groups in total. The van der Waals surface area contributed by atoms with Gasteiger partial charge in [-0.1, -0.05) is 69.1 Å². The summed E-state index contributed by atoms with van der Waals surface area (Å²) in [4.78, 5) is 10.3. The fraction of sp³-hybridized carbons (Fsp3) is 0.632. The minimum absolute atomic E-state index is 0.313. The van der Waals surface area contributed by atoms with Crippen LogP contribution in [-0.2, 0) is 4.79 Å². The van der Waals surface area contributed by atoms with E-state index in [1.807, 2.05) is 0 Å². The Kier molecular flexibility index (Phi) is 15.7. The second kappa shape index (κ2) is 16.7. The van der Waals surface area contributed by atoms with Crippen molar-refractivity contribution in [2.45, 2.75) is 77.6 Å². The Hall–Kier alpha value is -1.31. The van der Waals surface area contributed by atoms with Crippen LogP contribution in [0.5, 0.6) is 0 Å². The topological polar surface area (TPSA) is 37.3 Å². The molecule has 0 atom stereocenters. The van der Waals surface area contributed by atoms with Crippen molar-refractivity contribution in [2.24, 2.45) is 0 Å². The number of unbranched alkanes of at least 4 members (excludes halogenated alkanes) is 6. The first-order valence-corrected chi connectivity index (χ1v) is 8.44. The average molecular weight is 292 g/mol. The zero-order valence-corrected chi connectivity index (χ0v) is 13.6. The Labute approximate surface area is 130 Å². The van der Waals surface area contributed by atoms with Gasteiger partial charge in [0.05, 0.1) is 0 Å². The van der Waals surface area contributed by atoms with Gasteiger partial charge in [0.2, 0.25) is 0 Å². The summed E-state index contributed by atoms with van der Waals surface area (Å²) in [6.45, 7) is 2.22. The molecule has 0 aromatic rings. The van der Waals surface area contributed by atoms with Crippen LogP contribution in [0.3, 0.4) is 0 Å². The molecule has 0 saturated carbocycles. The van der Waals surface area contributed by atoms with Crippen LogP contribution >= 0.6 is 0 Å². The summed E-state index contributed by atoms with van der Waals surface area (Å²) in [5, 5.41) is 8.51. The highest BCUT2D eigenvalue weighted by molar-refractivity contribution is 5.66. The summed E-state index contributed by atoms with van der Waals surface area (Å²) in [6, 6.07) is 0. The SMILES string of the molecule is CCCCC=CCC=CCC=CCCCCCCC(=O)O. The molecule has 0 bridgehead atoms. The van der Waals surface area contributed by atoms with Gasteiger partial charge < -0.3 is 5.11 Å². The van der Waals surface area contributed by atoms with Crippen LogP contribution < -0.4 is 0 Å². The van der Waals surface area contributed by atoms with Crippen molar-refractivity contribution in [2.75, 3.05) is 0 Å². The Morgan fingerprint density at radius 1 is 0.762 bits per heavy atom. The fourth-order valence-corrected chi connectivity index (χ4v) is 1.99. The maximum absolute atomic E-state index is 10.3. The van der Waals surface area contributed by atoms with E-state index in [4.69, 9.17) is 5.11 Å². The maximum atomic E-state index is 10.3. The lowest BCUT2D eigenvalue weighted by Crippen LogP contribution is -1.93. The average Bonchev–Trinajstić information content (AvgIpc) is 2.46. The molecule has 0 heterocycles. The number of hydrogen-bond acceptors (Lipinski definition) is 1. The molecule has 21 heavy (non-hydrogen) atoms. The van der Waals surface area contributed by atoms with Crippen molar-refractivity contribution in [3.63, 3.8) is 0 Å². The smallest absolute Gasteiger partial charge is 0.303 e. The van der Waals surface area contributed by atoms with Gasteiger partial charge in [0.25, 0.3) is 0 Å². The van der Waals surface area contributed by atoms with Crippen LogP contribution in [0, 0.1) is 0 Å². The van der Waals surface area contributed by atoms with Crippen molar-refractivity contribution in [1.29, 1.82) is 0 Å². The number of rotatable bonds is 14. The summed E-state index contributed by atoms with van der Waals surface area (Å²) < 4.78 is 0. The molecule has 0 radical (unpaired) electrons. The summed E-state index contributed by atoms with van der Waals surface area (Å²) in [6.07, 6.45) is 24.8. The third kappa shape index (κ3) is 18.7. The second-order valence-corrected chi connectivity index (χ2v) is 5.37. The molecule has 0 rings (SSSR count). The normalized spacial score (nSPS) is 12.0. The molecule has 0 saturated heterocycles. The Morgan fingerprint density at radius 3 is 1.86 bits per heavy atom. The maximum Gasteiger partial charge on any atom is 0.303 e. The van der Waals surface area contributed by atoms with Gasteiger partial charge in [-0.05, 0) is 38.5 Å². The number of aliphatic carboxylic acids is 1. The van der Waals surface area contributed by atoms with Crippen LogP contribution in [-0.4, -0.2) is 11.1 Å². The van der Waals surface area contributed by atoms with Crippen LogP contribution in [0.25, 0.3) is 0 Å². The third-order valence-electron chi connectivity index (χ3n) is 3.28. The highest BCUT2D eigenvalue weighted by Crippen LogP contribution is 2.06. The molecule has 2 nitrogen and oxygen atoms in total. The molecule has 120 valence electrons. The lowest BCUT2D eigenvalue weighted by Gasteiger charge is -1.96. The van der Waals surface area contributed by atoms with Crippen LogP contribution in [0.1, 0.15) is 77.6 Å². The molecule has 0 fully saturated rings. The molecular weight excluding hydrogens is 260 g/mol. The van der Waals surface area contributed by atoms with E-state index in [9.17, 15) is 4.79 Å². The van der Waals surface area contributed by atoms with Gasteiger partial charge in [-0.15, -0.1) is 0 Å². The Morgan fingerprint density at radius 2 is 1.29 bits per heavy atom. The molecule has 2 heteroatoms. The highest BCUT2D eigenvalue weighted by Gasteiger charge is 1.95. The Balaban J connectivity index is 3.28. The first-order valence-electron chi connectivity index (χ1n) is 8.44. The van der Waals surface area contributed by atoms with Gasteiger partial charge in [0.15, 0.2) is 0 Å². The van der Waals surface area contributed by atoms with Crippen molar-refractivity contribution >= 4 is 5.97 Å². The zero-order valence-electron chi connectivity index (χ0n) is 13.6. The van der Waals surface area contributed by atoms with Crippen LogP contribution in [0.2, 0.25) is 0 Å².